The van der Waals surface area contributed by atoms with Gasteiger partial charge in [-0.1, -0.05) is 37.1 Å². The average Bonchev–Trinajstić information content (AvgIpc) is 3.45. The highest BCUT2D eigenvalue weighted by Gasteiger charge is 2.28. The number of carbonyl (C=O) groups excluding carboxylic acids is 2. The molecular weight excluding hydrogens is 462 g/mol. The fourth-order valence-corrected chi connectivity index (χ4v) is 4.52. The summed E-state index contributed by atoms with van der Waals surface area (Å²) in [6.45, 7) is 1.44. The first-order valence-corrected chi connectivity index (χ1v) is 12.3. The highest BCUT2D eigenvalue weighted by molar-refractivity contribution is 5.86. The number of hydrogen-bond acceptors (Lipinski definition) is 7. The monoisotopic (exact) mass is 499 g/mol. The Balaban J connectivity index is 1.76. The van der Waals surface area contributed by atoms with Crippen LogP contribution in [0.1, 0.15) is 36.8 Å². The van der Waals surface area contributed by atoms with Crippen molar-refractivity contribution in [2.45, 2.75) is 44.8 Å². The third-order valence-electron chi connectivity index (χ3n) is 6.48. The first-order chi connectivity index (χ1) is 17.5. The molecule has 1 atom stereocenters. The molecule has 1 saturated carbocycles. The van der Waals surface area contributed by atoms with E-state index in [0.717, 1.165) is 47.9 Å². The zero-order valence-corrected chi connectivity index (χ0v) is 21.6. The second-order valence-corrected chi connectivity index (χ2v) is 8.89. The highest BCUT2D eigenvalue weighted by Crippen LogP contribution is 2.40. The van der Waals surface area contributed by atoms with Gasteiger partial charge in [0.2, 0.25) is 5.91 Å². The van der Waals surface area contributed by atoms with E-state index in [-0.39, 0.29) is 11.8 Å². The zero-order valence-electron chi connectivity index (χ0n) is 21.6. The number of rotatable bonds is 13. The van der Waals surface area contributed by atoms with Crippen molar-refractivity contribution < 1.29 is 33.3 Å². The Kier molecular flexibility index (Phi) is 10.6. The van der Waals surface area contributed by atoms with Gasteiger partial charge in [0.15, 0.2) is 0 Å². The van der Waals surface area contributed by atoms with Crippen molar-refractivity contribution in [3.8, 4) is 22.6 Å². The van der Waals surface area contributed by atoms with Crippen molar-refractivity contribution >= 4 is 11.9 Å². The maximum atomic E-state index is 12.6. The molecule has 1 N–H and O–H groups in total. The van der Waals surface area contributed by atoms with Crippen LogP contribution in [0.3, 0.4) is 0 Å². The molecule has 1 amide bonds. The van der Waals surface area contributed by atoms with Crippen LogP contribution in [0.4, 0.5) is 0 Å². The van der Waals surface area contributed by atoms with Gasteiger partial charge in [-0.25, -0.2) is 4.79 Å². The summed E-state index contributed by atoms with van der Waals surface area (Å²) in [7, 11) is 6.22. The molecule has 1 fully saturated rings. The van der Waals surface area contributed by atoms with Crippen LogP contribution in [0.15, 0.2) is 36.4 Å². The summed E-state index contributed by atoms with van der Waals surface area (Å²) in [6, 6.07) is 10.9. The van der Waals surface area contributed by atoms with E-state index in [4.69, 9.17) is 23.7 Å². The molecular formula is C28H37NO7. The molecule has 0 unspecified atom stereocenters. The number of hydrogen-bond donors (Lipinski definition) is 1. The average molecular weight is 500 g/mol. The van der Waals surface area contributed by atoms with Gasteiger partial charge >= 0.3 is 5.97 Å². The van der Waals surface area contributed by atoms with Crippen LogP contribution >= 0.6 is 0 Å². The van der Waals surface area contributed by atoms with Crippen molar-refractivity contribution in [1.29, 1.82) is 0 Å². The lowest BCUT2D eigenvalue weighted by molar-refractivity contribution is -0.145. The molecule has 0 saturated heterocycles. The fraction of sp³-hybridized carbons (Fsp3) is 0.500. The zero-order chi connectivity index (χ0) is 25.9. The van der Waals surface area contributed by atoms with E-state index in [0.29, 0.717) is 37.7 Å². The number of methoxy groups -OCH3 is 4. The predicted molar refractivity (Wildman–Crippen MR) is 136 cm³/mol. The Morgan fingerprint density at radius 2 is 1.56 bits per heavy atom. The van der Waals surface area contributed by atoms with E-state index in [1.807, 2.05) is 36.4 Å². The standard InChI is InChI=1S/C28H37NO7/c1-32-13-14-36-18-20-16-24(33-2)26(25(17-20)34-3)21-11-9-19(10-12-21)15-23(28(31)35-4)29-27(30)22-7-5-6-8-22/h9-12,16-17,22-23H,5-8,13-15,18H2,1-4H3,(H,29,30)/t23-/m0/s1. The summed E-state index contributed by atoms with van der Waals surface area (Å²) in [5, 5.41) is 2.90. The van der Waals surface area contributed by atoms with Gasteiger partial charge in [-0.2, -0.15) is 0 Å². The first-order valence-electron chi connectivity index (χ1n) is 12.3. The molecule has 0 radical (unpaired) electrons. The van der Waals surface area contributed by atoms with Crippen LogP contribution in [0.2, 0.25) is 0 Å². The number of carbonyl (C=O) groups is 2. The lowest BCUT2D eigenvalue weighted by Crippen LogP contribution is -2.45. The second-order valence-electron chi connectivity index (χ2n) is 8.89. The maximum absolute atomic E-state index is 12.6. The molecule has 196 valence electrons. The molecule has 0 aromatic heterocycles. The summed E-state index contributed by atoms with van der Waals surface area (Å²) >= 11 is 0. The van der Waals surface area contributed by atoms with E-state index in [1.165, 1.54) is 7.11 Å². The van der Waals surface area contributed by atoms with Gasteiger partial charge in [0.05, 0.1) is 46.7 Å². The van der Waals surface area contributed by atoms with Crippen LogP contribution in [-0.4, -0.2) is 59.6 Å². The van der Waals surface area contributed by atoms with Gasteiger partial charge < -0.3 is 29.0 Å². The minimum Gasteiger partial charge on any atom is -0.496 e. The fourth-order valence-electron chi connectivity index (χ4n) is 4.52. The summed E-state index contributed by atoms with van der Waals surface area (Å²) < 4.78 is 27.0. The van der Waals surface area contributed by atoms with E-state index in [1.54, 1.807) is 21.3 Å². The predicted octanol–water partition coefficient (Wildman–Crippen LogP) is 3.92. The Bertz CT molecular complexity index is 974. The molecule has 3 rings (SSSR count). The minimum atomic E-state index is -0.726. The molecule has 0 bridgehead atoms. The van der Waals surface area contributed by atoms with Crippen LogP contribution < -0.4 is 14.8 Å². The van der Waals surface area contributed by atoms with Gasteiger partial charge in [0.25, 0.3) is 0 Å². The van der Waals surface area contributed by atoms with Crippen LogP contribution in [0.25, 0.3) is 11.1 Å². The molecule has 8 heteroatoms. The van der Waals surface area contributed by atoms with Crippen LogP contribution in [0.5, 0.6) is 11.5 Å². The van der Waals surface area contributed by atoms with Crippen molar-refractivity contribution in [2.75, 3.05) is 41.7 Å². The molecule has 0 heterocycles. The lowest BCUT2D eigenvalue weighted by atomic mass is 9.97. The smallest absolute Gasteiger partial charge is 0.328 e. The van der Waals surface area contributed by atoms with Crippen molar-refractivity contribution in [3.63, 3.8) is 0 Å². The molecule has 0 spiro atoms. The molecule has 1 aliphatic rings. The lowest BCUT2D eigenvalue weighted by Gasteiger charge is -2.19. The molecule has 8 nitrogen and oxygen atoms in total. The maximum Gasteiger partial charge on any atom is 0.328 e. The van der Waals surface area contributed by atoms with Gasteiger partial charge in [-0.15, -0.1) is 0 Å². The van der Waals surface area contributed by atoms with E-state index in [9.17, 15) is 9.59 Å². The van der Waals surface area contributed by atoms with Crippen molar-refractivity contribution in [2.24, 2.45) is 5.92 Å². The van der Waals surface area contributed by atoms with Gasteiger partial charge in [-0.3, -0.25) is 4.79 Å². The summed E-state index contributed by atoms with van der Waals surface area (Å²) in [5.41, 5.74) is 3.57. The van der Waals surface area contributed by atoms with E-state index >= 15 is 0 Å². The van der Waals surface area contributed by atoms with Crippen molar-refractivity contribution in [1.82, 2.24) is 5.32 Å². The summed E-state index contributed by atoms with van der Waals surface area (Å²) in [6.07, 6.45) is 4.19. The minimum absolute atomic E-state index is 0.0205. The highest BCUT2D eigenvalue weighted by atomic mass is 16.5. The topological polar surface area (TPSA) is 92.3 Å². The molecule has 0 aliphatic heterocycles. The molecule has 2 aromatic carbocycles. The largest absolute Gasteiger partial charge is 0.496 e. The Hall–Kier alpha value is -3.10. The van der Waals surface area contributed by atoms with Gasteiger partial charge in [-0.05, 0) is 41.7 Å². The number of ether oxygens (including phenoxy) is 5. The number of nitrogens with one attached hydrogen (secondary N) is 1. The molecule has 1 aliphatic carbocycles. The summed E-state index contributed by atoms with van der Waals surface area (Å²) in [5.74, 6) is 0.803. The molecule has 2 aromatic rings. The quantitative estimate of drug-likeness (QED) is 0.330. The van der Waals surface area contributed by atoms with Crippen molar-refractivity contribution in [3.05, 3.63) is 47.5 Å². The van der Waals surface area contributed by atoms with Gasteiger partial charge in [0.1, 0.15) is 17.5 Å². The summed E-state index contributed by atoms with van der Waals surface area (Å²) in [4.78, 5) is 25.0. The van der Waals surface area contributed by atoms with Crippen LogP contribution in [-0.2, 0) is 36.8 Å². The Morgan fingerprint density at radius 1 is 0.917 bits per heavy atom. The normalized spacial score (nSPS) is 14.3. The number of amides is 1. The number of benzene rings is 2. The second kappa shape index (κ2) is 13.8. The third-order valence-corrected chi connectivity index (χ3v) is 6.48. The Labute approximate surface area is 213 Å². The third kappa shape index (κ3) is 7.21. The van der Waals surface area contributed by atoms with Gasteiger partial charge in [0, 0.05) is 19.4 Å². The van der Waals surface area contributed by atoms with Crippen LogP contribution in [0, 0.1) is 5.92 Å². The molecule has 36 heavy (non-hydrogen) atoms. The Morgan fingerprint density at radius 3 is 2.11 bits per heavy atom. The van der Waals surface area contributed by atoms with E-state index < -0.39 is 12.0 Å². The van der Waals surface area contributed by atoms with E-state index in [2.05, 4.69) is 5.32 Å². The number of esters is 1. The first kappa shape index (κ1) is 27.5. The SMILES string of the molecule is COCCOCc1cc(OC)c(-c2ccc(C[C@H](NC(=O)C3CCCC3)C(=O)OC)cc2)c(OC)c1.